The van der Waals surface area contributed by atoms with Crippen LogP contribution in [-0.2, 0) is 80.6 Å². The number of carbonyl (C=O) groups is 2. The zero-order chi connectivity index (χ0) is 69.2. The Morgan fingerprint density at radius 2 is 0.606 bits per heavy atom. The summed E-state index contributed by atoms with van der Waals surface area (Å²) in [6.45, 7) is -3.53. The summed E-state index contributed by atoms with van der Waals surface area (Å²) in [5, 5.41) is 255. The van der Waals surface area contributed by atoms with Crippen molar-refractivity contribution >= 4 is 11.8 Å². The van der Waals surface area contributed by atoms with Crippen LogP contribution in [0.15, 0.2) is 0 Å². The highest BCUT2D eigenvalue weighted by molar-refractivity contribution is 5.73. The fraction of sp³-hybridized carbons (Fsp3) is 0.962. The molecule has 2 amide bonds. The molecular formula is C52H88N2O40. The smallest absolute Gasteiger partial charge is 0.217 e. The van der Waals surface area contributed by atoms with Crippen LogP contribution in [0, 0.1) is 0 Å². The predicted molar refractivity (Wildman–Crippen MR) is 286 cm³/mol. The molecule has 8 fully saturated rings. The van der Waals surface area contributed by atoms with Gasteiger partial charge in [0.05, 0.1) is 52.4 Å². The molecule has 40 atom stereocenters. The number of aliphatic hydroxyl groups is 23. The van der Waals surface area contributed by atoms with Crippen LogP contribution in [0.25, 0.3) is 0 Å². The van der Waals surface area contributed by atoms with Gasteiger partial charge in [-0.2, -0.15) is 0 Å². The van der Waals surface area contributed by atoms with Crippen molar-refractivity contribution in [2.45, 2.75) is 266 Å². The van der Waals surface area contributed by atoms with Crippen molar-refractivity contribution in [1.82, 2.24) is 10.6 Å². The Morgan fingerprint density at radius 3 is 1.06 bits per heavy atom. The largest absolute Gasteiger partial charge is 0.394 e. The monoisotopic (exact) mass is 1380 g/mol. The third-order valence-corrected chi connectivity index (χ3v) is 17.4. The molecule has 0 unspecified atom stereocenters. The first-order valence-corrected chi connectivity index (χ1v) is 30.0. The molecule has 94 heavy (non-hydrogen) atoms. The maximum Gasteiger partial charge on any atom is 0.217 e. The van der Waals surface area contributed by atoms with Crippen LogP contribution in [0.1, 0.15) is 20.8 Å². The Hall–Kier alpha value is -2.58. The van der Waals surface area contributed by atoms with Crippen LogP contribution in [0.4, 0.5) is 0 Å². The second-order valence-corrected chi connectivity index (χ2v) is 23.9. The second kappa shape index (κ2) is 33.3. The highest BCUT2D eigenvalue weighted by atomic mass is 16.8. The number of ether oxygens (including phenoxy) is 15. The molecule has 25 N–H and O–H groups in total. The van der Waals surface area contributed by atoms with Gasteiger partial charge in [-0.15, -0.1) is 0 Å². The Balaban J connectivity index is 1.07. The van der Waals surface area contributed by atoms with E-state index in [-0.39, 0.29) is 0 Å². The molecule has 8 saturated heterocycles. The maximum absolute atomic E-state index is 12.9. The Labute approximate surface area is 532 Å². The summed E-state index contributed by atoms with van der Waals surface area (Å²) in [5.41, 5.74) is 0. The van der Waals surface area contributed by atoms with E-state index in [2.05, 4.69) is 10.6 Å². The molecular weight excluding hydrogens is 1290 g/mol. The van der Waals surface area contributed by atoms with Crippen molar-refractivity contribution in [1.29, 1.82) is 0 Å². The van der Waals surface area contributed by atoms with Crippen molar-refractivity contribution in [3.05, 3.63) is 0 Å². The maximum atomic E-state index is 12.9. The van der Waals surface area contributed by atoms with Gasteiger partial charge in [0, 0.05) is 13.8 Å². The van der Waals surface area contributed by atoms with Gasteiger partial charge in [0.1, 0.15) is 189 Å². The van der Waals surface area contributed by atoms with Crippen LogP contribution in [0.2, 0.25) is 0 Å². The molecule has 0 radical (unpaired) electrons. The van der Waals surface area contributed by atoms with Gasteiger partial charge < -0.3 is 199 Å². The molecule has 8 rings (SSSR count). The number of hydrogen-bond acceptors (Lipinski definition) is 40. The van der Waals surface area contributed by atoms with Gasteiger partial charge in [0.2, 0.25) is 11.8 Å². The van der Waals surface area contributed by atoms with Gasteiger partial charge in [-0.05, 0) is 6.92 Å². The van der Waals surface area contributed by atoms with E-state index < -0.39 is 304 Å². The fourth-order valence-corrected chi connectivity index (χ4v) is 11.9. The molecule has 0 aromatic rings. The minimum Gasteiger partial charge on any atom is -0.394 e. The molecule has 42 heteroatoms. The summed E-state index contributed by atoms with van der Waals surface area (Å²) in [7, 11) is 0. The zero-order valence-corrected chi connectivity index (χ0v) is 50.3. The number of rotatable bonds is 23. The molecule has 0 aromatic heterocycles. The number of hydrogen-bond donors (Lipinski definition) is 25. The summed E-state index contributed by atoms with van der Waals surface area (Å²) in [5.74, 6) is -1.71. The molecule has 42 nitrogen and oxygen atoms in total. The number of amides is 2. The lowest BCUT2D eigenvalue weighted by molar-refractivity contribution is -0.388. The quantitative estimate of drug-likeness (QED) is 0.0452. The lowest BCUT2D eigenvalue weighted by Crippen LogP contribution is -2.70. The minimum atomic E-state index is -2.39. The summed E-state index contributed by atoms with van der Waals surface area (Å²) >= 11 is 0. The van der Waals surface area contributed by atoms with E-state index in [0.717, 1.165) is 13.8 Å². The molecule has 0 saturated carbocycles. The van der Waals surface area contributed by atoms with Crippen molar-refractivity contribution in [3.63, 3.8) is 0 Å². The topological polar surface area (TPSA) is 662 Å². The van der Waals surface area contributed by atoms with Crippen molar-refractivity contribution in [3.8, 4) is 0 Å². The van der Waals surface area contributed by atoms with E-state index in [1.165, 1.54) is 6.92 Å². The summed E-state index contributed by atoms with van der Waals surface area (Å²) < 4.78 is 86.4. The van der Waals surface area contributed by atoms with E-state index >= 15 is 0 Å². The van der Waals surface area contributed by atoms with Crippen LogP contribution >= 0.6 is 0 Å². The average molecular weight is 1380 g/mol. The van der Waals surface area contributed by atoms with E-state index in [0.29, 0.717) is 0 Å². The Bertz CT molecular complexity index is 2360. The number of carbonyl (C=O) groups excluding carboxylic acids is 2. The average Bonchev–Trinajstić information content (AvgIpc) is 0.778. The second-order valence-electron chi connectivity index (χ2n) is 23.9. The van der Waals surface area contributed by atoms with Gasteiger partial charge >= 0.3 is 0 Å². The molecule has 0 aliphatic carbocycles. The molecule has 8 aliphatic rings. The van der Waals surface area contributed by atoms with E-state index in [9.17, 15) is 127 Å². The third kappa shape index (κ3) is 16.7. The van der Waals surface area contributed by atoms with Gasteiger partial charge in [-0.1, -0.05) is 0 Å². The lowest BCUT2D eigenvalue weighted by atomic mass is 9.93. The molecule has 0 bridgehead atoms. The Morgan fingerprint density at radius 1 is 0.298 bits per heavy atom. The first-order valence-electron chi connectivity index (χ1n) is 30.0. The van der Waals surface area contributed by atoms with Gasteiger partial charge in [0.25, 0.3) is 0 Å². The molecule has 546 valence electrons. The highest BCUT2D eigenvalue weighted by Gasteiger charge is 2.59. The summed E-state index contributed by atoms with van der Waals surface area (Å²) in [6.07, 6.45) is -74.7. The van der Waals surface area contributed by atoms with E-state index in [1.807, 2.05) is 0 Å². The van der Waals surface area contributed by atoms with Crippen LogP contribution in [-0.4, -0.2) is 421 Å². The molecule has 0 spiro atoms. The molecule has 8 aliphatic heterocycles. The Kier molecular flexibility index (Phi) is 27.3. The minimum absolute atomic E-state index is 0.789. The summed E-state index contributed by atoms with van der Waals surface area (Å²) in [4.78, 5) is 25.2. The van der Waals surface area contributed by atoms with Crippen molar-refractivity contribution < 1.29 is 198 Å². The summed E-state index contributed by atoms with van der Waals surface area (Å²) in [6, 6.07) is -3.58. The standard InChI is InChI=1S/C52H88N2O40/c1-11-23(61)31(69)35(73)47(83-11)82-10-20-42(29(67)21(45(79)84-20)53-12(2)59)91-46-22(54-13(3)60)30(68)41(17(7-58)88-46)92-52-40(78)44(94-51-38(76)34(72)26(64)16(6-57)87-51)28(66)19(90-52)9-81-49-39(77)43(93-50-37(75)33(71)25(63)15(5-56)86-50)27(65)18(89-49)8-80-48-36(74)32(70)24(62)14(4-55)85-48/h11,14-52,55-58,61-79H,4-10H2,1-3H3,(H,53,59)(H,54,60)/t11-,14+,15+,16+,17+,18+,19+,20+,21+,22+,23+,24+,25+,26+,27+,28+,29+,30+,31-,32-,33-,34-,35-,36-,37-,38-,39-,40-,41+,42+,43-,44-,45+,46-,47+,48-,49-,50+,51+,52-/m0/s1. The fourth-order valence-electron chi connectivity index (χ4n) is 11.9. The predicted octanol–water partition coefficient (Wildman–Crippen LogP) is -17.1. The van der Waals surface area contributed by atoms with Gasteiger partial charge in [-0.25, -0.2) is 0 Å². The van der Waals surface area contributed by atoms with E-state index in [4.69, 9.17) is 71.1 Å². The van der Waals surface area contributed by atoms with Crippen LogP contribution in [0.5, 0.6) is 0 Å². The first kappa shape index (κ1) is 77.2. The molecule has 8 heterocycles. The highest BCUT2D eigenvalue weighted by Crippen LogP contribution is 2.38. The lowest BCUT2D eigenvalue weighted by Gasteiger charge is -2.50. The first-order chi connectivity index (χ1) is 44.4. The normalized spacial score (nSPS) is 51.2. The third-order valence-electron chi connectivity index (χ3n) is 17.4. The number of aliphatic hydroxyl groups excluding tert-OH is 23. The van der Waals surface area contributed by atoms with Crippen molar-refractivity contribution in [2.24, 2.45) is 0 Å². The molecule has 0 aromatic carbocycles. The SMILES string of the molecule is CC(=O)N[C@@H]1[C@@H](O)[C@H](O[C@@H]2O[C@H](CO)[C@@H](O[C@@H]3O[C@H](CO[C@H]4O[C@H](CO[C@H]5O[C@H](CO)[C@@H](O)[C@H](O)[C@@H]5O)[C@@H](O)[C@H](O[C@H]5O[C@H](CO)[C@@H](O)[C@H](O)[C@@H]5O)[C@@H]4O)[C@@H](O)[C@H](O[C@H]4O[C@H](CO)[C@@H](O)[C@H](O)[C@@H]4O)[C@@H]3O)[C@H](O)[C@H]2NC(C)=O)[C@@H](CO[C@@H]2O[C@@H](C)[C@@H](O)[C@H](O)[C@@H]2O)O[C@H]1O. The van der Waals surface area contributed by atoms with Crippen molar-refractivity contribution in [2.75, 3.05) is 46.2 Å². The van der Waals surface area contributed by atoms with Crippen LogP contribution in [0.3, 0.4) is 0 Å². The zero-order valence-electron chi connectivity index (χ0n) is 50.3. The van der Waals surface area contributed by atoms with Gasteiger partial charge in [0.15, 0.2) is 50.3 Å². The van der Waals surface area contributed by atoms with Gasteiger partial charge in [-0.3, -0.25) is 9.59 Å². The number of nitrogens with one attached hydrogen (secondary N) is 2. The van der Waals surface area contributed by atoms with Crippen LogP contribution < -0.4 is 10.6 Å². The van der Waals surface area contributed by atoms with E-state index in [1.54, 1.807) is 0 Å².